The van der Waals surface area contributed by atoms with Crippen molar-refractivity contribution in [2.45, 2.75) is 71.6 Å². The third kappa shape index (κ3) is 8.96. The minimum absolute atomic E-state index is 0.294. The molecule has 0 spiro atoms. The molecule has 0 aliphatic rings. The fourth-order valence-corrected chi connectivity index (χ4v) is 5.16. The van der Waals surface area contributed by atoms with Crippen molar-refractivity contribution < 1.29 is 14.2 Å². The summed E-state index contributed by atoms with van der Waals surface area (Å²) in [6.07, 6.45) is 4.69. The van der Waals surface area contributed by atoms with Gasteiger partial charge in [0.2, 0.25) is 0 Å². The van der Waals surface area contributed by atoms with Crippen LogP contribution in [-0.4, -0.2) is 40.3 Å². The van der Waals surface area contributed by atoms with Crippen LogP contribution in [0.4, 0.5) is 5.82 Å². The summed E-state index contributed by atoms with van der Waals surface area (Å²) in [5.74, 6) is 2.52. The Labute approximate surface area is 243 Å². The van der Waals surface area contributed by atoms with Gasteiger partial charge in [0.15, 0.2) is 0 Å². The fourth-order valence-electron chi connectivity index (χ4n) is 4.14. The van der Waals surface area contributed by atoms with Crippen LogP contribution in [0.5, 0.6) is 11.5 Å². The Morgan fingerprint density at radius 3 is 2.08 bits per heavy atom. The standard InChI is InChI=1S/C34H48N2O3Si/c1-10-34(6,7)30-21-32(35-22-31(30)39-20-19-38-25-40(9)33(3,4)5)36(23-27-13-11-26(2)12-14-27)24-28-15-17-29(37-8)18-16-28/h10-18,21-22,40H,1,19-20,23-25H2,2-9H3. The number of anilines is 1. The van der Waals surface area contributed by atoms with E-state index in [-0.39, 0.29) is 5.41 Å². The number of pyridine rings is 1. The zero-order valence-electron chi connectivity index (χ0n) is 25.8. The summed E-state index contributed by atoms with van der Waals surface area (Å²) in [7, 11) is 0.739. The molecule has 0 saturated heterocycles. The first-order valence-electron chi connectivity index (χ1n) is 14.2. The Bertz CT molecular complexity index is 1220. The number of aryl methyl sites for hydroxylation is 1. The van der Waals surface area contributed by atoms with E-state index in [4.69, 9.17) is 19.2 Å². The molecule has 1 unspecified atom stereocenters. The normalized spacial score (nSPS) is 12.6. The van der Waals surface area contributed by atoms with E-state index in [2.05, 4.69) is 102 Å². The average Bonchev–Trinajstić information content (AvgIpc) is 2.93. The number of aromatic nitrogens is 1. The van der Waals surface area contributed by atoms with Crippen LogP contribution in [0.15, 0.2) is 73.4 Å². The molecule has 216 valence electrons. The van der Waals surface area contributed by atoms with Crippen LogP contribution in [-0.2, 0) is 23.2 Å². The molecule has 2 aromatic carbocycles. The van der Waals surface area contributed by atoms with Crippen LogP contribution in [0.2, 0.25) is 11.6 Å². The number of ether oxygens (including phenoxy) is 3. The number of rotatable bonds is 14. The molecule has 0 saturated carbocycles. The highest BCUT2D eigenvalue weighted by atomic mass is 28.3. The highest BCUT2D eigenvalue weighted by Crippen LogP contribution is 2.35. The van der Waals surface area contributed by atoms with Crippen molar-refractivity contribution in [3.05, 3.63) is 95.7 Å². The molecule has 0 amide bonds. The predicted molar refractivity (Wildman–Crippen MR) is 171 cm³/mol. The van der Waals surface area contributed by atoms with E-state index in [1.165, 1.54) is 16.7 Å². The zero-order chi connectivity index (χ0) is 29.3. The van der Waals surface area contributed by atoms with Crippen LogP contribution < -0.4 is 14.4 Å². The molecule has 0 N–H and O–H groups in total. The average molecular weight is 561 g/mol. The minimum Gasteiger partial charge on any atom is -0.497 e. The summed E-state index contributed by atoms with van der Waals surface area (Å²) >= 11 is 0. The topological polar surface area (TPSA) is 43.8 Å². The van der Waals surface area contributed by atoms with Crippen molar-refractivity contribution in [2.75, 3.05) is 31.5 Å². The number of nitrogens with zero attached hydrogens (tertiary/aromatic N) is 2. The Morgan fingerprint density at radius 1 is 0.925 bits per heavy atom. The molecule has 0 aliphatic carbocycles. The molecule has 0 bridgehead atoms. The maximum absolute atomic E-state index is 6.25. The third-order valence-corrected chi connectivity index (χ3v) is 11.4. The quantitative estimate of drug-likeness (QED) is 0.115. The maximum Gasteiger partial charge on any atom is 0.141 e. The molecule has 1 atom stereocenters. The van der Waals surface area contributed by atoms with Gasteiger partial charge in [-0.05, 0) is 41.3 Å². The molecule has 1 heterocycles. The summed E-state index contributed by atoms with van der Waals surface area (Å²) in [6, 6.07) is 19.1. The highest BCUT2D eigenvalue weighted by Gasteiger charge is 2.25. The van der Waals surface area contributed by atoms with E-state index in [0.29, 0.717) is 24.8 Å². The first kappa shape index (κ1) is 31.4. The summed E-state index contributed by atoms with van der Waals surface area (Å²) < 4.78 is 17.6. The summed E-state index contributed by atoms with van der Waals surface area (Å²) in [5, 5.41) is 0.359. The molecular weight excluding hydrogens is 512 g/mol. The van der Waals surface area contributed by atoms with E-state index >= 15 is 0 Å². The Balaban J connectivity index is 1.85. The second kappa shape index (κ2) is 14.0. The van der Waals surface area contributed by atoms with Crippen molar-refractivity contribution in [2.24, 2.45) is 0 Å². The van der Waals surface area contributed by atoms with E-state index in [9.17, 15) is 0 Å². The Hall–Kier alpha value is -3.09. The van der Waals surface area contributed by atoms with Gasteiger partial charge in [-0.3, -0.25) is 0 Å². The van der Waals surface area contributed by atoms with Crippen molar-refractivity contribution in [1.29, 1.82) is 0 Å². The van der Waals surface area contributed by atoms with Gasteiger partial charge in [-0.15, -0.1) is 6.58 Å². The first-order chi connectivity index (χ1) is 18.9. The molecule has 1 aromatic heterocycles. The van der Waals surface area contributed by atoms with Gasteiger partial charge in [0.1, 0.15) is 23.9 Å². The van der Waals surface area contributed by atoms with Crippen molar-refractivity contribution >= 4 is 14.6 Å². The Morgan fingerprint density at radius 2 is 1.52 bits per heavy atom. The summed E-state index contributed by atoms with van der Waals surface area (Å²) in [4.78, 5) is 7.20. The van der Waals surface area contributed by atoms with Crippen molar-refractivity contribution in [3.63, 3.8) is 0 Å². The molecule has 0 aliphatic heterocycles. The van der Waals surface area contributed by atoms with E-state index in [0.717, 1.165) is 35.7 Å². The molecular formula is C34H48N2O3Si. The first-order valence-corrected chi connectivity index (χ1v) is 16.8. The number of hydrogen-bond donors (Lipinski definition) is 0. The molecule has 0 fully saturated rings. The van der Waals surface area contributed by atoms with E-state index < -0.39 is 8.80 Å². The van der Waals surface area contributed by atoms with Crippen LogP contribution in [0.3, 0.4) is 0 Å². The van der Waals surface area contributed by atoms with Crippen LogP contribution in [0.1, 0.15) is 56.9 Å². The SMILES string of the molecule is C=CC(C)(C)c1cc(N(Cc2ccc(C)cc2)Cc2ccc(OC)cc2)ncc1OCCOC[SiH](C)C(C)(C)C. The van der Waals surface area contributed by atoms with E-state index in [1.807, 2.05) is 24.4 Å². The molecule has 5 nitrogen and oxygen atoms in total. The molecule has 6 heteroatoms. The third-order valence-electron chi connectivity index (χ3n) is 7.74. The lowest BCUT2D eigenvalue weighted by Gasteiger charge is -2.29. The van der Waals surface area contributed by atoms with Crippen LogP contribution in [0, 0.1) is 6.92 Å². The molecule has 3 aromatic rings. The van der Waals surface area contributed by atoms with Crippen LogP contribution >= 0.6 is 0 Å². The maximum atomic E-state index is 6.25. The lowest BCUT2D eigenvalue weighted by molar-refractivity contribution is 0.127. The van der Waals surface area contributed by atoms with Crippen molar-refractivity contribution in [3.8, 4) is 11.5 Å². The van der Waals surface area contributed by atoms with Gasteiger partial charge < -0.3 is 19.1 Å². The number of hydrogen-bond acceptors (Lipinski definition) is 5. The fraction of sp³-hybridized carbons (Fsp3) is 0.441. The zero-order valence-corrected chi connectivity index (χ0v) is 26.9. The lowest BCUT2D eigenvalue weighted by Crippen LogP contribution is -2.29. The van der Waals surface area contributed by atoms with Gasteiger partial charge in [0, 0.05) is 30.3 Å². The van der Waals surface area contributed by atoms with Gasteiger partial charge in [-0.2, -0.15) is 0 Å². The summed E-state index contributed by atoms with van der Waals surface area (Å²) in [5.41, 5.74) is 4.44. The second-order valence-corrected chi connectivity index (χ2v) is 16.2. The Kier molecular flexibility index (Phi) is 11.0. The monoisotopic (exact) mass is 560 g/mol. The van der Waals surface area contributed by atoms with Gasteiger partial charge in [0.25, 0.3) is 0 Å². The predicted octanol–water partition coefficient (Wildman–Crippen LogP) is 7.66. The second-order valence-electron chi connectivity index (χ2n) is 12.3. The number of allylic oxidation sites excluding steroid dienone is 1. The largest absolute Gasteiger partial charge is 0.497 e. The highest BCUT2D eigenvalue weighted by molar-refractivity contribution is 6.60. The molecule has 0 radical (unpaired) electrons. The number of benzene rings is 2. The molecule has 40 heavy (non-hydrogen) atoms. The van der Waals surface area contributed by atoms with Gasteiger partial charge in [-0.25, -0.2) is 4.98 Å². The lowest BCUT2D eigenvalue weighted by atomic mass is 9.84. The van der Waals surface area contributed by atoms with Gasteiger partial charge in [-0.1, -0.05) is 89.2 Å². The van der Waals surface area contributed by atoms with Crippen molar-refractivity contribution in [1.82, 2.24) is 4.98 Å². The van der Waals surface area contributed by atoms with Gasteiger partial charge >= 0.3 is 0 Å². The van der Waals surface area contributed by atoms with E-state index in [1.54, 1.807) is 7.11 Å². The minimum atomic E-state index is -0.951. The van der Waals surface area contributed by atoms with Gasteiger partial charge in [0.05, 0.1) is 28.7 Å². The summed E-state index contributed by atoms with van der Waals surface area (Å²) in [6.45, 7) is 22.3. The van der Waals surface area contributed by atoms with Crippen LogP contribution in [0.25, 0.3) is 0 Å². The molecule has 3 rings (SSSR count). The smallest absolute Gasteiger partial charge is 0.141 e. The number of methoxy groups -OCH3 is 1.